The van der Waals surface area contributed by atoms with Crippen LogP contribution in [0.5, 0.6) is 5.75 Å². The number of likely N-dealkylation sites (N-methyl/N-ethyl adjacent to an activating group) is 1. The van der Waals surface area contributed by atoms with Crippen molar-refractivity contribution < 1.29 is 19.1 Å². The number of allylic oxidation sites excluding steroid dienone is 1. The highest BCUT2D eigenvalue weighted by Gasteiger charge is 2.29. The van der Waals surface area contributed by atoms with Crippen LogP contribution < -0.4 is 5.43 Å². The normalized spacial score (nSPS) is 18.0. The number of ether oxygens (including phenoxy) is 1. The summed E-state index contributed by atoms with van der Waals surface area (Å²) < 4.78 is 11.0. The molecule has 0 bridgehead atoms. The van der Waals surface area contributed by atoms with Crippen molar-refractivity contribution >= 4 is 35.5 Å². The molecule has 2 aromatic rings. The molecule has 1 fully saturated rings. The molecular weight excluding hydrogens is 386 g/mol. The van der Waals surface area contributed by atoms with Crippen molar-refractivity contribution in [1.29, 1.82) is 0 Å². The first kappa shape index (κ1) is 20.1. The molecule has 2 aliphatic rings. The Morgan fingerprint density at radius 3 is 2.87 bits per heavy atom. The van der Waals surface area contributed by atoms with E-state index >= 15 is 0 Å². The molecule has 2 aliphatic heterocycles. The fraction of sp³-hybridized carbons (Fsp3) is 0.381. The van der Waals surface area contributed by atoms with Gasteiger partial charge in [-0.15, -0.1) is 0 Å². The first-order chi connectivity index (χ1) is 14.6. The van der Waals surface area contributed by atoms with Gasteiger partial charge < -0.3 is 19.2 Å². The minimum absolute atomic E-state index is 0.0111. The molecule has 0 atom stereocenters. The number of carbonyl (C=O) groups excluding carboxylic acids is 1. The Balaban J connectivity index is 1.64. The van der Waals surface area contributed by atoms with Gasteiger partial charge in [0.2, 0.25) is 5.88 Å². The molecule has 0 saturated carbocycles. The van der Waals surface area contributed by atoms with E-state index in [1.165, 1.54) is 0 Å². The van der Waals surface area contributed by atoms with Crippen molar-refractivity contribution in [1.82, 2.24) is 14.9 Å². The molecule has 0 spiro atoms. The molecular formula is C21H25N5O4. The predicted molar refractivity (Wildman–Crippen MR) is 114 cm³/mol. The van der Waals surface area contributed by atoms with Crippen LogP contribution in [0.25, 0.3) is 11.6 Å². The van der Waals surface area contributed by atoms with Crippen molar-refractivity contribution in [2.75, 3.05) is 44.8 Å². The van der Waals surface area contributed by atoms with E-state index < -0.39 is 5.97 Å². The standard InChI is InChI=1S/C21H25N5O4/c1-3-25-8-10-26(11-9-25)24-20-17(21(28)29-4-2)18(27)16(30-20)12-14-13-23-19-15(14)6-5-7-22-19/h5-7,12-13,24,27H,3-4,8-11H2,1-2H3. The van der Waals surface area contributed by atoms with Crippen molar-refractivity contribution in [2.45, 2.75) is 13.8 Å². The maximum absolute atomic E-state index is 12.5. The number of nitrogens with one attached hydrogen (secondary N) is 1. The molecule has 9 nitrogen and oxygen atoms in total. The molecule has 2 aromatic heterocycles. The summed E-state index contributed by atoms with van der Waals surface area (Å²) >= 11 is 0. The van der Waals surface area contributed by atoms with Crippen LogP contribution in [0.4, 0.5) is 11.7 Å². The number of rotatable bonds is 6. The average molecular weight is 411 g/mol. The summed E-state index contributed by atoms with van der Waals surface area (Å²) in [6.07, 6.45) is 4.97. The minimum atomic E-state index is -0.639. The van der Waals surface area contributed by atoms with Crippen LogP contribution in [0.2, 0.25) is 0 Å². The van der Waals surface area contributed by atoms with E-state index in [1.807, 2.05) is 17.1 Å². The largest absolute Gasteiger partial charge is 0.504 e. The molecule has 1 saturated heterocycles. The van der Waals surface area contributed by atoms with Crippen LogP contribution in [-0.2, 0) is 4.74 Å². The number of fused-ring (bicyclic) bond motifs is 1. The first-order valence-electron chi connectivity index (χ1n) is 10.1. The van der Waals surface area contributed by atoms with Crippen molar-refractivity contribution in [2.24, 2.45) is 4.99 Å². The van der Waals surface area contributed by atoms with Crippen molar-refractivity contribution in [3.05, 3.63) is 35.2 Å². The van der Waals surface area contributed by atoms with E-state index in [2.05, 4.69) is 27.2 Å². The number of nitrogens with zero attached hydrogens (tertiary/aromatic N) is 4. The van der Waals surface area contributed by atoms with Gasteiger partial charge in [-0.3, -0.25) is 5.43 Å². The van der Waals surface area contributed by atoms with E-state index in [-0.39, 0.29) is 29.6 Å². The highest BCUT2D eigenvalue weighted by Crippen LogP contribution is 2.38. The van der Waals surface area contributed by atoms with Gasteiger partial charge in [-0.25, -0.2) is 19.8 Å². The van der Waals surface area contributed by atoms with Crippen LogP contribution in [0.3, 0.4) is 0 Å². The summed E-state index contributed by atoms with van der Waals surface area (Å²) in [6, 6.07) is 3.70. The number of anilines is 1. The maximum Gasteiger partial charge on any atom is 0.347 e. The Hall–Kier alpha value is -3.17. The summed E-state index contributed by atoms with van der Waals surface area (Å²) in [4.78, 5) is 23.3. The second kappa shape index (κ2) is 8.68. The lowest BCUT2D eigenvalue weighted by Gasteiger charge is -2.33. The third-order valence-electron chi connectivity index (χ3n) is 5.18. The number of pyridine rings is 1. The topological polar surface area (TPSA) is 103 Å². The van der Waals surface area contributed by atoms with Gasteiger partial charge in [0.15, 0.2) is 22.9 Å². The number of hydrazine groups is 1. The van der Waals surface area contributed by atoms with Gasteiger partial charge in [0.05, 0.1) is 6.61 Å². The van der Waals surface area contributed by atoms with Crippen LogP contribution in [0.15, 0.2) is 27.7 Å². The third-order valence-corrected chi connectivity index (χ3v) is 5.18. The molecule has 0 amide bonds. The number of esters is 1. The summed E-state index contributed by atoms with van der Waals surface area (Å²) in [6.45, 7) is 8.38. The zero-order valence-corrected chi connectivity index (χ0v) is 17.1. The highest BCUT2D eigenvalue weighted by atomic mass is 16.5. The Kier molecular flexibility index (Phi) is 5.82. The third kappa shape index (κ3) is 3.94. The molecule has 0 aliphatic carbocycles. The summed E-state index contributed by atoms with van der Waals surface area (Å²) in [7, 11) is 0. The zero-order valence-electron chi connectivity index (χ0n) is 17.1. The van der Waals surface area contributed by atoms with Gasteiger partial charge in [0.25, 0.3) is 0 Å². The average Bonchev–Trinajstić information content (AvgIpc) is 3.30. The quantitative estimate of drug-likeness (QED) is 0.700. The van der Waals surface area contributed by atoms with Crippen LogP contribution in [-0.4, -0.2) is 71.5 Å². The number of hydrogen-bond acceptors (Lipinski definition) is 9. The lowest BCUT2D eigenvalue weighted by atomic mass is 10.1. The zero-order chi connectivity index (χ0) is 21.1. The summed E-state index contributed by atoms with van der Waals surface area (Å²) in [5.41, 5.74) is 4.70. The van der Waals surface area contributed by atoms with E-state index in [0.717, 1.165) is 43.9 Å². The van der Waals surface area contributed by atoms with Gasteiger partial charge in [0.1, 0.15) is 0 Å². The Morgan fingerprint density at radius 1 is 1.33 bits per heavy atom. The molecule has 0 aromatic carbocycles. The lowest BCUT2D eigenvalue weighted by molar-refractivity contribution is 0.0523. The number of aromatic hydroxyl groups is 1. The number of piperazine rings is 1. The molecule has 0 radical (unpaired) electrons. The van der Waals surface area contributed by atoms with Crippen LogP contribution in [0.1, 0.15) is 35.5 Å². The first-order valence-corrected chi connectivity index (χ1v) is 10.1. The van der Waals surface area contributed by atoms with Gasteiger partial charge in [-0.05, 0) is 31.7 Å². The Labute approximate surface area is 174 Å². The van der Waals surface area contributed by atoms with Crippen molar-refractivity contribution in [3.8, 4) is 5.75 Å². The van der Waals surface area contributed by atoms with Crippen LogP contribution in [0, 0.1) is 0 Å². The second-order valence-electron chi connectivity index (χ2n) is 7.01. The number of hydrogen-bond donors (Lipinski definition) is 2. The maximum atomic E-state index is 12.5. The minimum Gasteiger partial charge on any atom is -0.504 e. The lowest BCUT2D eigenvalue weighted by Crippen LogP contribution is -2.48. The van der Waals surface area contributed by atoms with E-state index in [4.69, 9.17) is 9.15 Å². The van der Waals surface area contributed by atoms with Crippen molar-refractivity contribution in [3.63, 3.8) is 0 Å². The van der Waals surface area contributed by atoms with E-state index in [0.29, 0.717) is 5.82 Å². The second-order valence-corrected chi connectivity index (χ2v) is 7.01. The molecule has 30 heavy (non-hydrogen) atoms. The number of aliphatic imine (C=N–C) groups is 1. The van der Waals surface area contributed by atoms with Gasteiger partial charge >= 0.3 is 5.97 Å². The number of furan rings is 1. The molecule has 158 valence electrons. The molecule has 4 rings (SSSR count). The smallest absolute Gasteiger partial charge is 0.347 e. The molecule has 4 heterocycles. The molecule has 9 heteroatoms. The summed E-state index contributed by atoms with van der Waals surface area (Å²) in [5, 5.41) is 12.7. The monoisotopic (exact) mass is 411 g/mol. The number of carbonyl (C=O) groups is 1. The Morgan fingerprint density at radius 2 is 2.13 bits per heavy atom. The Bertz CT molecular complexity index is 989. The predicted octanol–water partition coefficient (Wildman–Crippen LogP) is 2.78. The van der Waals surface area contributed by atoms with Gasteiger partial charge in [-0.1, -0.05) is 6.92 Å². The van der Waals surface area contributed by atoms with E-state index in [9.17, 15) is 9.90 Å². The summed E-state index contributed by atoms with van der Waals surface area (Å²) in [5.74, 6) is 0.0317. The van der Waals surface area contributed by atoms with Crippen LogP contribution >= 0.6 is 0 Å². The van der Waals surface area contributed by atoms with E-state index in [1.54, 1.807) is 25.4 Å². The fourth-order valence-electron chi connectivity index (χ4n) is 3.51. The van der Waals surface area contributed by atoms with Gasteiger partial charge in [0, 0.05) is 49.7 Å². The molecule has 0 unspecified atom stereocenters. The number of aromatic nitrogens is 1. The van der Waals surface area contributed by atoms with Gasteiger partial charge in [-0.2, -0.15) is 0 Å². The fourth-order valence-corrected chi connectivity index (χ4v) is 3.51. The highest BCUT2D eigenvalue weighted by molar-refractivity contribution is 6.21. The molecule has 2 N–H and O–H groups in total. The SMILES string of the molecule is CCOC(=O)c1c(NN2CCN(CC)CC2)oc(C=C2C=Nc3ncccc32)c1O.